The molecule has 0 saturated heterocycles. The van der Waals surface area contributed by atoms with Crippen LogP contribution in [0.2, 0.25) is 0 Å². The van der Waals surface area contributed by atoms with Crippen molar-refractivity contribution in [3.05, 3.63) is 11.6 Å². The Hall–Kier alpha value is -0.340. The molecule has 0 heterocycles. The molecule has 5 atom stereocenters. The number of allylic oxidation sites excluding steroid dienone is 1. The molecule has 5 unspecified atom stereocenters. The third-order valence-corrected chi connectivity index (χ3v) is 4.89. The maximum atomic E-state index is 10.5. The lowest BCUT2D eigenvalue weighted by Crippen LogP contribution is -2.53. The summed E-state index contributed by atoms with van der Waals surface area (Å²) in [6.07, 6.45) is 4.56. The van der Waals surface area contributed by atoms with Crippen LogP contribution in [-0.4, -0.2) is 21.9 Å². The van der Waals surface area contributed by atoms with Gasteiger partial charge in [0.05, 0.1) is 11.7 Å². The topological polar surface area (TPSA) is 40.5 Å². The van der Waals surface area contributed by atoms with Crippen LogP contribution in [0.4, 0.5) is 0 Å². The van der Waals surface area contributed by atoms with E-state index in [0.29, 0.717) is 17.8 Å². The molecular weight excluding hydrogens is 212 g/mol. The van der Waals surface area contributed by atoms with Gasteiger partial charge < -0.3 is 10.2 Å². The first kappa shape index (κ1) is 13.1. The molecule has 2 rings (SSSR count). The van der Waals surface area contributed by atoms with E-state index >= 15 is 0 Å². The average Bonchev–Trinajstić information content (AvgIpc) is 2.14. The molecule has 0 radical (unpaired) electrons. The van der Waals surface area contributed by atoms with Gasteiger partial charge in [0, 0.05) is 5.92 Å². The fourth-order valence-corrected chi connectivity index (χ4v) is 4.03. The minimum absolute atomic E-state index is 0.0207. The minimum Gasteiger partial charge on any atom is -0.392 e. The molecule has 0 aromatic carbocycles. The number of rotatable bonds is 1. The van der Waals surface area contributed by atoms with Crippen LogP contribution in [0.25, 0.3) is 0 Å². The number of fused-ring (bicyclic) bond motifs is 1. The van der Waals surface area contributed by atoms with Crippen molar-refractivity contribution >= 4 is 0 Å². The third-order valence-electron chi connectivity index (χ3n) is 4.89. The summed E-state index contributed by atoms with van der Waals surface area (Å²) in [6, 6.07) is 0. The molecular formula is C15H26O2. The van der Waals surface area contributed by atoms with E-state index in [9.17, 15) is 10.2 Å². The van der Waals surface area contributed by atoms with Crippen LogP contribution in [0, 0.1) is 23.7 Å². The number of hydrogen-bond acceptors (Lipinski definition) is 2. The molecule has 1 saturated carbocycles. The van der Waals surface area contributed by atoms with Gasteiger partial charge in [-0.05, 0) is 50.9 Å². The quantitative estimate of drug-likeness (QED) is 0.690. The van der Waals surface area contributed by atoms with E-state index < -0.39 is 5.60 Å². The molecule has 0 aromatic rings. The van der Waals surface area contributed by atoms with Gasteiger partial charge in [-0.2, -0.15) is 0 Å². The molecule has 0 bridgehead atoms. The van der Waals surface area contributed by atoms with Crippen LogP contribution < -0.4 is 0 Å². The highest BCUT2D eigenvalue weighted by Gasteiger charge is 2.49. The zero-order chi connectivity index (χ0) is 12.8. The Kier molecular flexibility index (Phi) is 3.39. The smallest absolute Gasteiger partial charge is 0.0678 e. The molecule has 2 aliphatic carbocycles. The first-order chi connectivity index (χ1) is 7.83. The fourth-order valence-electron chi connectivity index (χ4n) is 4.03. The van der Waals surface area contributed by atoms with Crippen LogP contribution in [-0.2, 0) is 0 Å². The van der Waals surface area contributed by atoms with Crippen molar-refractivity contribution in [3.8, 4) is 0 Å². The lowest BCUT2D eigenvalue weighted by Gasteiger charge is -2.51. The summed E-state index contributed by atoms with van der Waals surface area (Å²) in [6.45, 7) is 8.51. The van der Waals surface area contributed by atoms with Crippen LogP contribution >= 0.6 is 0 Å². The van der Waals surface area contributed by atoms with Crippen LogP contribution in [0.3, 0.4) is 0 Å². The molecule has 0 spiro atoms. The zero-order valence-electron chi connectivity index (χ0n) is 11.5. The summed E-state index contributed by atoms with van der Waals surface area (Å²) in [5.74, 6) is 1.59. The summed E-state index contributed by atoms with van der Waals surface area (Å²) >= 11 is 0. The van der Waals surface area contributed by atoms with Crippen molar-refractivity contribution < 1.29 is 10.2 Å². The summed E-state index contributed by atoms with van der Waals surface area (Å²) in [5, 5.41) is 20.8. The second kappa shape index (κ2) is 4.40. The van der Waals surface area contributed by atoms with Gasteiger partial charge in [0.2, 0.25) is 0 Å². The normalized spacial score (nSPS) is 46.6. The van der Waals surface area contributed by atoms with Crippen molar-refractivity contribution in [3.63, 3.8) is 0 Å². The van der Waals surface area contributed by atoms with E-state index in [0.717, 1.165) is 19.3 Å². The Balaban J connectivity index is 2.35. The number of hydrogen-bond donors (Lipinski definition) is 2. The van der Waals surface area contributed by atoms with Gasteiger partial charge >= 0.3 is 0 Å². The molecule has 0 amide bonds. The molecule has 2 N–H and O–H groups in total. The van der Waals surface area contributed by atoms with Crippen molar-refractivity contribution in [2.24, 2.45) is 23.7 Å². The molecule has 1 fully saturated rings. The summed E-state index contributed by atoms with van der Waals surface area (Å²) < 4.78 is 0. The molecule has 2 aliphatic rings. The van der Waals surface area contributed by atoms with E-state index in [-0.39, 0.29) is 12.0 Å². The van der Waals surface area contributed by atoms with Gasteiger partial charge in [0.15, 0.2) is 0 Å². The fraction of sp³-hybridized carbons (Fsp3) is 0.867. The van der Waals surface area contributed by atoms with Crippen molar-refractivity contribution in [1.82, 2.24) is 0 Å². The average molecular weight is 238 g/mol. The summed E-state index contributed by atoms with van der Waals surface area (Å²) in [7, 11) is 0. The Bertz CT molecular complexity index is 317. The third kappa shape index (κ3) is 2.30. The largest absolute Gasteiger partial charge is 0.392 e. The maximum Gasteiger partial charge on any atom is 0.0678 e. The summed E-state index contributed by atoms with van der Waals surface area (Å²) in [5.41, 5.74) is 0.578. The SMILES string of the molecule is CC1=CC2C(C(C)C)CCC(C)(O)C2C(O)C1. The highest BCUT2D eigenvalue weighted by molar-refractivity contribution is 5.16. The van der Waals surface area contributed by atoms with Crippen LogP contribution in [0.5, 0.6) is 0 Å². The van der Waals surface area contributed by atoms with Gasteiger partial charge in [-0.1, -0.05) is 25.5 Å². The van der Waals surface area contributed by atoms with Gasteiger partial charge in [0.1, 0.15) is 0 Å². The molecule has 2 nitrogen and oxygen atoms in total. The van der Waals surface area contributed by atoms with E-state index in [1.165, 1.54) is 5.57 Å². The first-order valence-electron chi connectivity index (χ1n) is 6.90. The second-order valence-electron chi connectivity index (χ2n) is 6.69. The Morgan fingerprint density at radius 2 is 2.06 bits per heavy atom. The minimum atomic E-state index is -0.702. The van der Waals surface area contributed by atoms with Gasteiger partial charge in [-0.3, -0.25) is 0 Å². The van der Waals surface area contributed by atoms with Gasteiger partial charge in [-0.25, -0.2) is 0 Å². The molecule has 0 aliphatic heterocycles. The Morgan fingerprint density at radius 3 is 2.65 bits per heavy atom. The van der Waals surface area contributed by atoms with Gasteiger partial charge in [0.25, 0.3) is 0 Å². The van der Waals surface area contributed by atoms with Crippen molar-refractivity contribution in [1.29, 1.82) is 0 Å². The van der Waals surface area contributed by atoms with E-state index in [4.69, 9.17) is 0 Å². The van der Waals surface area contributed by atoms with Gasteiger partial charge in [-0.15, -0.1) is 0 Å². The maximum absolute atomic E-state index is 10.5. The summed E-state index contributed by atoms with van der Waals surface area (Å²) in [4.78, 5) is 0. The standard InChI is InChI=1S/C15H26O2/c1-9(2)11-5-6-15(4,17)14-12(11)7-10(3)8-13(14)16/h7,9,11-14,16-17H,5-6,8H2,1-4H3. The Morgan fingerprint density at radius 1 is 1.41 bits per heavy atom. The molecule has 17 heavy (non-hydrogen) atoms. The molecule has 0 aromatic heterocycles. The lowest BCUT2D eigenvalue weighted by molar-refractivity contribution is -0.125. The Labute approximate surface area is 105 Å². The van der Waals surface area contributed by atoms with Crippen LogP contribution in [0.1, 0.15) is 47.0 Å². The monoisotopic (exact) mass is 238 g/mol. The highest BCUT2D eigenvalue weighted by Crippen LogP contribution is 2.49. The van der Waals surface area contributed by atoms with Crippen molar-refractivity contribution in [2.45, 2.75) is 58.7 Å². The van der Waals surface area contributed by atoms with E-state index in [1.807, 2.05) is 6.92 Å². The van der Waals surface area contributed by atoms with E-state index in [1.54, 1.807) is 0 Å². The van der Waals surface area contributed by atoms with Crippen LogP contribution in [0.15, 0.2) is 11.6 Å². The van der Waals surface area contributed by atoms with E-state index in [2.05, 4.69) is 26.8 Å². The second-order valence-corrected chi connectivity index (χ2v) is 6.69. The predicted molar refractivity (Wildman–Crippen MR) is 69.5 cm³/mol. The predicted octanol–water partition coefficient (Wildman–Crippen LogP) is 2.75. The number of aliphatic hydroxyl groups is 2. The molecule has 98 valence electrons. The number of aliphatic hydroxyl groups excluding tert-OH is 1. The zero-order valence-corrected chi connectivity index (χ0v) is 11.5. The van der Waals surface area contributed by atoms with Crippen molar-refractivity contribution in [2.75, 3.05) is 0 Å². The molecule has 2 heteroatoms. The lowest BCUT2D eigenvalue weighted by atomic mass is 9.57. The first-order valence-corrected chi connectivity index (χ1v) is 6.90. The highest BCUT2D eigenvalue weighted by atomic mass is 16.3.